The summed E-state index contributed by atoms with van der Waals surface area (Å²) in [5.74, 6) is 1.16. The van der Waals surface area contributed by atoms with E-state index in [1.807, 2.05) is 0 Å². The Balaban J connectivity index is 1.22. The molecular weight excluding hydrogens is 398 g/mol. The van der Waals surface area contributed by atoms with E-state index in [0.29, 0.717) is 35.0 Å². The summed E-state index contributed by atoms with van der Waals surface area (Å²) < 4.78 is 10.6. The summed E-state index contributed by atoms with van der Waals surface area (Å²) in [5, 5.41) is 5.83. The number of ketones is 1. The molecular formula is C23H26N3O5+. The smallest absolute Gasteiger partial charge is 0.279 e. The third kappa shape index (κ3) is 5.21. The number of amides is 2. The molecule has 2 amide bonds. The van der Waals surface area contributed by atoms with Crippen LogP contribution in [0.15, 0.2) is 42.5 Å². The zero-order valence-corrected chi connectivity index (χ0v) is 17.4. The Morgan fingerprint density at radius 1 is 0.935 bits per heavy atom. The minimum absolute atomic E-state index is 0.00655. The van der Waals surface area contributed by atoms with Crippen molar-refractivity contribution >= 4 is 29.0 Å². The first-order valence-electron chi connectivity index (χ1n) is 10.4. The molecule has 1 saturated heterocycles. The summed E-state index contributed by atoms with van der Waals surface area (Å²) in [6, 6.07) is 12.2. The first-order chi connectivity index (χ1) is 15.0. The van der Waals surface area contributed by atoms with Crippen LogP contribution in [0.25, 0.3) is 0 Å². The van der Waals surface area contributed by atoms with Crippen molar-refractivity contribution in [2.24, 2.45) is 5.92 Å². The van der Waals surface area contributed by atoms with Gasteiger partial charge in [-0.05, 0) is 43.3 Å². The number of rotatable bonds is 6. The average Bonchev–Trinajstić information content (AvgIpc) is 3.22. The van der Waals surface area contributed by atoms with Gasteiger partial charge in [-0.15, -0.1) is 0 Å². The quantitative estimate of drug-likeness (QED) is 0.611. The first-order valence-corrected chi connectivity index (χ1v) is 10.4. The maximum absolute atomic E-state index is 12.6. The highest BCUT2D eigenvalue weighted by Crippen LogP contribution is 2.34. The lowest BCUT2D eigenvalue weighted by Crippen LogP contribution is -3.14. The molecule has 0 spiro atoms. The molecule has 2 aromatic carbocycles. The number of anilines is 2. The highest BCUT2D eigenvalue weighted by Gasteiger charge is 2.29. The zero-order chi connectivity index (χ0) is 21.8. The molecule has 2 aliphatic heterocycles. The molecule has 3 N–H and O–H groups in total. The van der Waals surface area contributed by atoms with Gasteiger partial charge in [-0.3, -0.25) is 14.4 Å². The Bertz CT molecular complexity index is 981. The van der Waals surface area contributed by atoms with Gasteiger partial charge in [0.25, 0.3) is 5.91 Å². The van der Waals surface area contributed by atoms with Crippen LogP contribution in [0.5, 0.6) is 11.5 Å². The maximum atomic E-state index is 12.6. The van der Waals surface area contributed by atoms with E-state index in [2.05, 4.69) is 10.6 Å². The molecule has 1 fully saturated rings. The van der Waals surface area contributed by atoms with Crippen LogP contribution in [-0.4, -0.2) is 44.0 Å². The molecule has 0 radical (unpaired) electrons. The molecule has 0 saturated carbocycles. The predicted molar refractivity (Wildman–Crippen MR) is 115 cm³/mol. The molecule has 31 heavy (non-hydrogen) atoms. The number of likely N-dealkylation sites (tertiary alicyclic amines) is 1. The second kappa shape index (κ2) is 9.18. The molecule has 4 rings (SSSR count). The SMILES string of the molecule is CC(=O)c1ccc(NC(=O)C[NH+]2CCC(C(=O)Nc3ccc4c(c3)OCO4)CC2)cc1. The molecule has 2 heterocycles. The van der Waals surface area contributed by atoms with Crippen LogP contribution in [0.2, 0.25) is 0 Å². The standard InChI is InChI=1S/C23H25N3O5/c1-15(27)16-2-4-18(5-3-16)24-22(28)13-26-10-8-17(9-11-26)23(29)25-19-6-7-20-21(12-19)31-14-30-20/h2-7,12,17H,8-11,13-14H2,1H3,(H,24,28)(H,25,29)/p+1. The summed E-state index contributed by atoms with van der Waals surface area (Å²) >= 11 is 0. The molecule has 8 heteroatoms. The van der Waals surface area contributed by atoms with Crippen molar-refractivity contribution in [1.29, 1.82) is 0 Å². The minimum atomic E-state index is -0.0752. The van der Waals surface area contributed by atoms with Crippen molar-refractivity contribution in [2.45, 2.75) is 19.8 Å². The van der Waals surface area contributed by atoms with Crippen LogP contribution in [0.4, 0.5) is 11.4 Å². The van der Waals surface area contributed by atoms with Crippen molar-refractivity contribution in [1.82, 2.24) is 0 Å². The number of Topliss-reactive ketones (excluding diaryl/α,β-unsaturated/α-hetero) is 1. The predicted octanol–water partition coefficient (Wildman–Crippen LogP) is 1.49. The third-order valence-electron chi connectivity index (χ3n) is 5.69. The van der Waals surface area contributed by atoms with E-state index in [1.165, 1.54) is 6.92 Å². The molecule has 0 atom stereocenters. The minimum Gasteiger partial charge on any atom is -0.454 e. The molecule has 2 aromatic rings. The van der Waals surface area contributed by atoms with Crippen molar-refractivity contribution < 1.29 is 28.8 Å². The second-order valence-corrected chi connectivity index (χ2v) is 7.94. The number of hydrogen-bond acceptors (Lipinski definition) is 5. The van der Waals surface area contributed by atoms with Crippen LogP contribution < -0.4 is 25.0 Å². The summed E-state index contributed by atoms with van der Waals surface area (Å²) in [6.07, 6.45) is 1.46. The van der Waals surface area contributed by atoms with Crippen molar-refractivity contribution in [3.63, 3.8) is 0 Å². The van der Waals surface area contributed by atoms with E-state index < -0.39 is 0 Å². The average molecular weight is 424 g/mol. The lowest BCUT2D eigenvalue weighted by atomic mass is 9.95. The summed E-state index contributed by atoms with van der Waals surface area (Å²) in [4.78, 5) is 37.5. The largest absolute Gasteiger partial charge is 0.454 e. The van der Waals surface area contributed by atoms with E-state index in [0.717, 1.165) is 30.8 Å². The van der Waals surface area contributed by atoms with Gasteiger partial charge >= 0.3 is 0 Å². The monoisotopic (exact) mass is 424 g/mol. The van der Waals surface area contributed by atoms with E-state index >= 15 is 0 Å². The normalized spacial score (nSPS) is 19.5. The zero-order valence-electron chi connectivity index (χ0n) is 17.4. The van der Waals surface area contributed by atoms with Gasteiger partial charge in [-0.1, -0.05) is 0 Å². The number of ether oxygens (including phenoxy) is 2. The summed E-state index contributed by atoms with van der Waals surface area (Å²) in [7, 11) is 0. The molecule has 0 unspecified atom stereocenters. The third-order valence-corrected chi connectivity index (χ3v) is 5.69. The number of carbonyl (C=O) groups excluding carboxylic acids is 3. The summed E-state index contributed by atoms with van der Waals surface area (Å²) in [5.41, 5.74) is 1.98. The Hall–Kier alpha value is -3.39. The number of carbonyl (C=O) groups is 3. The van der Waals surface area contributed by atoms with Crippen molar-refractivity contribution in [2.75, 3.05) is 37.1 Å². The molecule has 0 aliphatic carbocycles. The van der Waals surface area contributed by atoms with Gasteiger partial charge in [0.2, 0.25) is 12.7 Å². The highest BCUT2D eigenvalue weighted by atomic mass is 16.7. The Labute approximate surface area is 180 Å². The first kappa shape index (κ1) is 20.9. The molecule has 8 nitrogen and oxygen atoms in total. The van der Waals surface area contributed by atoms with Crippen LogP contribution in [0.1, 0.15) is 30.1 Å². The number of piperidine rings is 1. The lowest BCUT2D eigenvalue weighted by molar-refractivity contribution is -0.897. The maximum Gasteiger partial charge on any atom is 0.279 e. The Morgan fingerprint density at radius 3 is 2.32 bits per heavy atom. The number of fused-ring (bicyclic) bond motifs is 1. The van der Waals surface area contributed by atoms with Gasteiger partial charge < -0.3 is 25.0 Å². The summed E-state index contributed by atoms with van der Waals surface area (Å²) in [6.45, 7) is 3.58. The van der Waals surface area contributed by atoms with Crippen LogP contribution in [0, 0.1) is 5.92 Å². The van der Waals surface area contributed by atoms with Crippen molar-refractivity contribution in [3.05, 3.63) is 48.0 Å². The number of hydrogen-bond donors (Lipinski definition) is 3. The van der Waals surface area contributed by atoms with Crippen LogP contribution >= 0.6 is 0 Å². The molecule has 2 aliphatic rings. The van der Waals surface area contributed by atoms with Gasteiger partial charge in [0.15, 0.2) is 23.8 Å². The van der Waals surface area contributed by atoms with Gasteiger partial charge in [0.05, 0.1) is 13.1 Å². The number of quaternary nitrogens is 1. The van der Waals surface area contributed by atoms with Gasteiger partial charge in [0, 0.05) is 41.8 Å². The molecule has 0 aromatic heterocycles. The highest BCUT2D eigenvalue weighted by molar-refractivity contribution is 5.96. The van der Waals surface area contributed by atoms with Gasteiger partial charge in [-0.2, -0.15) is 0 Å². The lowest BCUT2D eigenvalue weighted by Gasteiger charge is -2.28. The second-order valence-electron chi connectivity index (χ2n) is 7.94. The van der Waals surface area contributed by atoms with E-state index in [-0.39, 0.29) is 30.3 Å². The molecule has 0 bridgehead atoms. The number of nitrogens with one attached hydrogen (secondary N) is 3. The van der Waals surface area contributed by atoms with E-state index in [4.69, 9.17) is 9.47 Å². The van der Waals surface area contributed by atoms with Gasteiger partial charge in [0.1, 0.15) is 0 Å². The molecule has 162 valence electrons. The van der Waals surface area contributed by atoms with Gasteiger partial charge in [-0.25, -0.2) is 0 Å². The fourth-order valence-corrected chi connectivity index (χ4v) is 3.90. The number of benzene rings is 2. The Kier molecular flexibility index (Phi) is 6.18. The van der Waals surface area contributed by atoms with E-state index in [1.54, 1.807) is 42.5 Å². The van der Waals surface area contributed by atoms with Crippen LogP contribution in [0.3, 0.4) is 0 Å². The Morgan fingerprint density at radius 2 is 1.61 bits per heavy atom. The van der Waals surface area contributed by atoms with Crippen LogP contribution in [-0.2, 0) is 9.59 Å². The fourth-order valence-electron chi connectivity index (χ4n) is 3.90. The van der Waals surface area contributed by atoms with Crippen molar-refractivity contribution in [3.8, 4) is 11.5 Å². The fraction of sp³-hybridized carbons (Fsp3) is 0.348. The van der Waals surface area contributed by atoms with E-state index in [9.17, 15) is 14.4 Å². The topological polar surface area (TPSA) is 98.2 Å².